The lowest BCUT2D eigenvalue weighted by Crippen LogP contribution is -2.33. The second kappa shape index (κ2) is 9.13. The molecule has 0 aromatic carbocycles. The van der Waals surface area contributed by atoms with Gasteiger partial charge in [-0.15, -0.1) is 10.2 Å². The molecule has 2 fully saturated rings. The quantitative estimate of drug-likeness (QED) is 0.686. The van der Waals surface area contributed by atoms with E-state index in [1.54, 1.807) is 6.26 Å². The molecule has 0 spiro atoms. The molecule has 8 heteroatoms. The van der Waals surface area contributed by atoms with Gasteiger partial charge in [0.2, 0.25) is 5.91 Å². The van der Waals surface area contributed by atoms with E-state index in [-0.39, 0.29) is 12.0 Å². The van der Waals surface area contributed by atoms with Crippen LogP contribution in [0.15, 0.2) is 21.9 Å². The maximum atomic E-state index is 12.7. The molecular formula is C20H28N4O3S. The Morgan fingerprint density at radius 3 is 2.71 bits per heavy atom. The molecule has 152 valence electrons. The standard InChI is InChI=1S/C20H28N4O3S/c1-15-17(8-12-26-15)19-21-22-20(24(19)13-16-7-6-11-27-16)28-14-18(25)23-9-4-2-3-5-10-23/h8,12,16H,2-7,9-11,13-14H2,1H3. The zero-order valence-electron chi connectivity index (χ0n) is 16.4. The molecule has 0 saturated carbocycles. The van der Waals surface area contributed by atoms with E-state index in [1.165, 1.54) is 24.6 Å². The molecule has 0 radical (unpaired) electrons. The normalized spacial score (nSPS) is 20.5. The Balaban J connectivity index is 1.50. The highest BCUT2D eigenvalue weighted by molar-refractivity contribution is 7.99. The van der Waals surface area contributed by atoms with Gasteiger partial charge >= 0.3 is 0 Å². The van der Waals surface area contributed by atoms with E-state index in [2.05, 4.69) is 14.8 Å². The molecule has 7 nitrogen and oxygen atoms in total. The van der Waals surface area contributed by atoms with E-state index < -0.39 is 0 Å². The molecule has 0 aliphatic carbocycles. The van der Waals surface area contributed by atoms with Gasteiger partial charge in [-0.1, -0.05) is 24.6 Å². The third-order valence-corrected chi connectivity index (χ3v) is 6.46. The molecule has 2 aromatic heterocycles. The number of aryl methyl sites for hydroxylation is 1. The summed E-state index contributed by atoms with van der Waals surface area (Å²) in [4.78, 5) is 14.7. The van der Waals surface area contributed by atoms with Gasteiger partial charge in [0.05, 0.1) is 30.2 Å². The number of carbonyl (C=O) groups excluding carboxylic acids is 1. The fraction of sp³-hybridized carbons (Fsp3) is 0.650. The SMILES string of the molecule is Cc1occc1-c1nnc(SCC(=O)N2CCCCCC2)n1CC1CCCO1. The number of aromatic nitrogens is 3. The van der Waals surface area contributed by atoms with Gasteiger partial charge in [0, 0.05) is 19.7 Å². The van der Waals surface area contributed by atoms with Crippen molar-refractivity contribution in [1.29, 1.82) is 0 Å². The first-order valence-corrected chi connectivity index (χ1v) is 11.2. The Morgan fingerprint density at radius 1 is 1.21 bits per heavy atom. The minimum absolute atomic E-state index is 0.169. The summed E-state index contributed by atoms with van der Waals surface area (Å²) < 4.78 is 13.4. The molecule has 4 rings (SSSR count). The van der Waals surface area contributed by atoms with Crippen LogP contribution in [0.1, 0.15) is 44.3 Å². The van der Waals surface area contributed by atoms with Crippen LogP contribution in [-0.2, 0) is 16.1 Å². The van der Waals surface area contributed by atoms with E-state index >= 15 is 0 Å². The smallest absolute Gasteiger partial charge is 0.233 e. The molecule has 28 heavy (non-hydrogen) atoms. The van der Waals surface area contributed by atoms with Crippen LogP contribution in [0.3, 0.4) is 0 Å². The largest absolute Gasteiger partial charge is 0.469 e. The predicted molar refractivity (Wildman–Crippen MR) is 107 cm³/mol. The fourth-order valence-electron chi connectivity index (χ4n) is 3.91. The van der Waals surface area contributed by atoms with Gasteiger partial charge in [0.1, 0.15) is 5.76 Å². The topological polar surface area (TPSA) is 73.4 Å². The lowest BCUT2D eigenvalue weighted by Gasteiger charge is -2.20. The monoisotopic (exact) mass is 404 g/mol. The Bertz CT molecular complexity index is 789. The maximum absolute atomic E-state index is 12.7. The average molecular weight is 405 g/mol. The molecule has 2 aliphatic rings. The molecule has 4 heterocycles. The van der Waals surface area contributed by atoms with E-state index in [4.69, 9.17) is 9.15 Å². The number of ether oxygens (including phenoxy) is 1. The van der Waals surface area contributed by atoms with Crippen molar-refractivity contribution in [2.45, 2.75) is 63.3 Å². The second-order valence-corrected chi connectivity index (χ2v) is 8.47. The van der Waals surface area contributed by atoms with Crippen molar-refractivity contribution >= 4 is 17.7 Å². The van der Waals surface area contributed by atoms with E-state index in [0.29, 0.717) is 12.3 Å². The van der Waals surface area contributed by atoms with Crippen molar-refractivity contribution in [2.75, 3.05) is 25.4 Å². The summed E-state index contributed by atoms with van der Waals surface area (Å²) in [7, 11) is 0. The third kappa shape index (κ3) is 4.43. The van der Waals surface area contributed by atoms with Crippen molar-refractivity contribution < 1.29 is 13.9 Å². The summed E-state index contributed by atoms with van der Waals surface area (Å²) in [5.74, 6) is 2.19. The van der Waals surface area contributed by atoms with Crippen LogP contribution in [0.5, 0.6) is 0 Å². The highest BCUT2D eigenvalue weighted by Gasteiger charge is 2.24. The first kappa shape index (κ1) is 19.5. The van der Waals surface area contributed by atoms with Gasteiger partial charge in [-0.2, -0.15) is 0 Å². The van der Waals surface area contributed by atoms with E-state index in [0.717, 1.165) is 67.7 Å². The predicted octanol–water partition coefficient (Wildman–Crippen LogP) is 3.52. The molecule has 1 unspecified atom stereocenters. The van der Waals surface area contributed by atoms with E-state index in [1.807, 2.05) is 17.9 Å². The van der Waals surface area contributed by atoms with Crippen LogP contribution in [-0.4, -0.2) is 57.1 Å². The highest BCUT2D eigenvalue weighted by atomic mass is 32.2. The number of amides is 1. The summed E-state index contributed by atoms with van der Waals surface area (Å²) in [5, 5.41) is 9.59. The zero-order valence-corrected chi connectivity index (χ0v) is 17.2. The Hall–Kier alpha value is -1.80. The number of carbonyl (C=O) groups is 1. The van der Waals surface area contributed by atoms with Gasteiger partial charge < -0.3 is 14.1 Å². The molecular weight excluding hydrogens is 376 g/mol. The van der Waals surface area contributed by atoms with Crippen LogP contribution < -0.4 is 0 Å². The molecule has 1 atom stereocenters. The van der Waals surface area contributed by atoms with Crippen molar-refractivity contribution in [2.24, 2.45) is 0 Å². The summed E-state index contributed by atoms with van der Waals surface area (Å²) in [6.07, 6.45) is 8.63. The molecule has 0 N–H and O–H groups in total. The molecule has 1 amide bonds. The van der Waals surface area contributed by atoms with Crippen LogP contribution in [0.4, 0.5) is 0 Å². The third-order valence-electron chi connectivity index (χ3n) is 5.51. The summed E-state index contributed by atoms with van der Waals surface area (Å²) in [6, 6.07) is 1.92. The first-order chi connectivity index (χ1) is 13.7. The highest BCUT2D eigenvalue weighted by Crippen LogP contribution is 2.29. The molecule has 2 saturated heterocycles. The Morgan fingerprint density at radius 2 is 2.04 bits per heavy atom. The summed E-state index contributed by atoms with van der Waals surface area (Å²) >= 11 is 1.47. The van der Waals surface area contributed by atoms with Crippen LogP contribution in [0, 0.1) is 6.92 Å². The number of hydrogen-bond acceptors (Lipinski definition) is 6. The number of rotatable bonds is 6. The lowest BCUT2D eigenvalue weighted by molar-refractivity contribution is -0.128. The van der Waals surface area contributed by atoms with Gasteiger partial charge in [-0.05, 0) is 38.7 Å². The molecule has 2 aromatic rings. The van der Waals surface area contributed by atoms with Crippen LogP contribution in [0.2, 0.25) is 0 Å². The van der Waals surface area contributed by atoms with Gasteiger partial charge in [-0.3, -0.25) is 9.36 Å². The fourth-order valence-corrected chi connectivity index (χ4v) is 4.76. The zero-order chi connectivity index (χ0) is 19.3. The number of likely N-dealkylation sites (tertiary alicyclic amines) is 1. The van der Waals surface area contributed by atoms with Gasteiger partial charge in [0.25, 0.3) is 0 Å². The molecule has 0 bridgehead atoms. The van der Waals surface area contributed by atoms with Crippen molar-refractivity contribution in [3.63, 3.8) is 0 Å². The van der Waals surface area contributed by atoms with Crippen molar-refractivity contribution in [3.8, 4) is 11.4 Å². The van der Waals surface area contributed by atoms with E-state index in [9.17, 15) is 4.79 Å². The number of nitrogens with zero attached hydrogens (tertiary/aromatic N) is 4. The lowest BCUT2D eigenvalue weighted by atomic mass is 10.2. The van der Waals surface area contributed by atoms with Crippen molar-refractivity contribution in [3.05, 3.63) is 18.1 Å². The first-order valence-electron chi connectivity index (χ1n) is 10.2. The number of furan rings is 1. The average Bonchev–Trinajstić information content (AvgIpc) is 3.39. The number of hydrogen-bond donors (Lipinski definition) is 0. The minimum Gasteiger partial charge on any atom is -0.469 e. The van der Waals surface area contributed by atoms with Crippen LogP contribution >= 0.6 is 11.8 Å². The Kier molecular flexibility index (Phi) is 6.36. The second-order valence-electron chi connectivity index (χ2n) is 7.53. The summed E-state index contributed by atoms with van der Waals surface area (Å²) in [6.45, 7) is 5.19. The number of thioether (sulfide) groups is 1. The minimum atomic E-state index is 0.169. The summed E-state index contributed by atoms with van der Waals surface area (Å²) in [5.41, 5.74) is 0.941. The Labute approximate surface area is 169 Å². The molecule has 2 aliphatic heterocycles. The maximum Gasteiger partial charge on any atom is 0.233 e. The van der Waals surface area contributed by atoms with Gasteiger partial charge in [0.15, 0.2) is 11.0 Å². The van der Waals surface area contributed by atoms with Crippen molar-refractivity contribution in [1.82, 2.24) is 19.7 Å². The van der Waals surface area contributed by atoms with Gasteiger partial charge in [-0.25, -0.2) is 0 Å². The van der Waals surface area contributed by atoms with Crippen LogP contribution in [0.25, 0.3) is 11.4 Å².